The fourth-order valence-corrected chi connectivity index (χ4v) is 3.65. The summed E-state index contributed by atoms with van der Waals surface area (Å²) in [7, 11) is -2.74. The number of terminal acetylenes is 1. The molecule has 1 aliphatic rings. The van der Waals surface area contributed by atoms with Crippen molar-refractivity contribution in [3.8, 4) is 12.3 Å². The van der Waals surface area contributed by atoms with Crippen molar-refractivity contribution in [1.29, 1.82) is 0 Å². The number of rotatable bonds is 6. The second-order valence-corrected chi connectivity index (χ2v) is 7.81. The number of aliphatic hydroxyl groups excluding tert-OH is 1. The summed E-state index contributed by atoms with van der Waals surface area (Å²) >= 11 is 0. The summed E-state index contributed by atoms with van der Waals surface area (Å²) < 4.78 is 29.8. The smallest absolute Gasteiger partial charge is 0.282 e. The van der Waals surface area contributed by atoms with Gasteiger partial charge in [-0.2, -0.15) is 0 Å². The molecule has 27 heavy (non-hydrogen) atoms. The van der Waals surface area contributed by atoms with Gasteiger partial charge in [-0.05, 0) is 0 Å². The maximum Gasteiger partial charge on any atom is 0.282 e. The van der Waals surface area contributed by atoms with Crippen LogP contribution in [0.2, 0.25) is 0 Å². The van der Waals surface area contributed by atoms with Crippen molar-refractivity contribution < 1.29 is 28.6 Å². The van der Waals surface area contributed by atoms with E-state index in [1.807, 2.05) is 0 Å². The first-order valence-electron chi connectivity index (χ1n) is 7.91. The SMILES string of the molecule is C#CCn1cnc2c(ncn2[C@@H]2O[C@H](COC)[C@H](OP(C)(=O)[O-])C2O)c1=O. The Labute approximate surface area is 154 Å². The number of nitrogens with zero attached hydrogens (tertiary/aromatic N) is 4. The molecule has 0 radical (unpaired) electrons. The highest BCUT2D eigenvalue weighted by Crippen LogP contribution is 2.41. The molecule has 2 unspecified atom stereocenters. The molecule has 0 amide bonds. The normalized spacial score (nSPS) is 27.5. The third-order valence-electron chi connectivity index (χ3n) is 4.04. The van der Waals surface area contributed by atoms with Crippen LogP contribution in [-0.4, -0.2) is 62.9 Å². The number of hydrogen-bond acceptors (Lipinski definition) is 9. The van der Waals surface area contributed by atoms with Gasteiger partial charge in [0, 0.05) is 13.8 Å². The van der Waals surface area contributed by atoms with E-state index in [9.17, 15) is 19.4 Å². The van der Waals surface area contributed by atoms with E-state index in [1.165, 1.54) is 28.9 Å². The van der Waals surface area contributed by atoms with Crippen LogP contribution in [0.1, 0.15) is 6.23 Å². The number of aliphatic hydroxyl groups is 1. The lowest BCUT2D eigenvalue weighted by Crippen LogP contribution is -2.36. The Balaban J connectivity index is 1.98. The summed E-state index contributed by atoms with van der Waals surface area (Å²) in [4.78, 5) is 32.1. The second kappa shape index (κ2) is 7.52. The highest BCUT2D eigenvalue weighted by atomic mass is 31.2. The Hall–Kier alpha value is -2.06. The van der Waals surface area contributed by atoms with Gasteiger partial charge in [0.05, 0.1) is 19.5 Å². The van der Waals surface area contributed by atoms with Crippen LogP contribution in [-0.2, 0) is 25.1 Å². The molecule has 0 spiro atoms. The van der Waals surface area contributed by atoms with Gasteiger partial charge >= 0.3 is 0 Å². The summed E-state index contributed by atoms with van der Waals surface area (Å²) in [6.07, 6.45) is 3.30. The minimum Gasteiger partial charge on any atom is -0.779 e. The van der Waals surface area contributed by atoms with Crippen molar-refractivity contribution in [1.82, 2.24) is 19.1 Å². The molecule has 12 heteroatoms. The molecule has 0 aliphatic carbocycles. The van der Waals surface area contributed by atoms with Gasteiger partial charge in [0.15, 0.2) is 17.4 Å². The molecule has 2 aromatic rings. The maximum absolute atomic E-state index is 12.4. The average molecular weight is 397 g/mol. The van der Waals surface area contributed by atoms with E-state index in [0.29, 0.717) is 0 Å². The van der Waals surface area contributed by atoms with E-state index < -0.39 is 37.7 Å². The predicted octanol–water partition coefficient (Wildman–Crippen LogP) is -1.30. The highest BCUT2D eigenvalue weighted by Gasteiger charge is 2.47. The molecule has 0 aromatic carbocycles. The summed E-state index contributed by atoms with van der Waals surface area (Å²) in [6, 6.07) is 0. The quantitative estimate of drug-likeness (QED) is 0.465. The minimum absolute atomic E-state index is 0.00669. The molecule has 3 heterocycles. The van der Waals surface area contributed by atoms with Gasteiger partial charge < -0.3 is 28.6 Å². The molecule has 0 saturated carbocycles. The standard InChI is InChI=1S/C15H19N4O7P/c1-4-5-18-7-17-13-10(14(18)21)16-8-19(13)15-11(20)12(26-27(3,22)23)9(25-15)6-24-2/h1,7-9,11-12,15,20H,5-6H2,2-3H3,(H,22,23)/p-1/t9-,11?,12+,15-/m1/s1. The van der Waals surface area contributed by atoms with Crippen molar-refractivity contribution in [3.05, 3.63) is 23.0 Å². The van der Waals surface area contributed by atoms with Crippen LogP contribution in [0.15, 0.2) is 17.4 Å². The molecule has 1 fully saturated rings. The van der Waals surface area contributed by atoms with Crippen molar-refractivity contribution in [3.63, 3.8) is 0 Å². The van der Waals surface area contributed by atoms with Crippen LogP contribution < -0.4 is 10.5 Å². The number of aromatic nitrogens is 4. The van der Waals surface area contributed by atoms with Gasteiger partial charge in [-0.25, -0.2) is 9.97 Å². The zero-order chi connectivity index (χ0) is 19.8. The van der Waals surface area contributed by atoms with Crippen LogP contribution in [0.4, 0.5) is 0 Å². The Bertz CT molecular complexity index is 975. The number of hydrogen-bond donors (Lipinski definition) is 1. The summed E-state index contributed by atoms with van der Waals surface area (Å²) in [5.74, 6) is 2.34. The molecule has 3 rings (SSSR count). The van der Waals surface area contributed by atoms with Crippen molar-refractivity contribution in [2.24, 2.45) is 0 Å². The van der Waals surface area contributed by atoms with E-state index >= 15 is 0 Å². The highest BCUT2D eigenvalue weighted by molar-refractivity contribution is 7.50. The second-order valence-electron chi connectivity index (χ2n) is 6.06. The van der Waals surface area contributed by atoms with E-state index in [1.54, 1.807) is 0 Å². The molecular formula is C15H18N4O7P-. The van der Waals surface area contributed by atoms with Gasteiger partial charge in [-0.15, -0.1) is 6.42 Å². The molecular weight excluding hydrogens is 379 g/mol. The molecule has 0 bridgehead atoms. The largest absolute Gasteiger partial charge is 0.779 e. The molecule has 11 nitrogen and oxygen atoms in total. The molecule has 1 saturated heterocycles. The number of ether oxygens (including phenoxy) is 2. The lowest BCUT2D eigenvalue weighted by molar-refractivity contribution is -0.204. The number of fused-ring (bicyclic) bond motifs is 1. The lowest BCUT2D eigenvalue weighted by atomic mass is 10.1. The zero-order valence-electron chi connectivity index (χ0n) is 14.6. The van der Waals surface area contributed by atoms with Crippen LogP contribution in [0.25, 0.3) is 11.2 Å². The van der Waals surface area contributed by atoms with Crippen molar-refractivity contribution in [2.45, 2.75) is 31.1 Å². The van der Waals surface area contributed by atoms with Gasteiger partial charge in [0.25, 0.3) is 5.56 Å². The molecule has 2 aromatic heterocycles. The van der Waals surface area contributed by atoms with E-state index in [4.69, 9.17) is 20.4 Å². The maximum atomic E-state index is 12.4. The Morgan fingerprint density at radius 1 is 1.48 bits per heavy atom. The van der Waals surface area contributed by atoms with Crippen molar-refractivity contribution in [2.75, 3.05) is 20.4 Å². The van der Waals surface area contributed by atoms with E-state index in [-0.39, 0.29) is 24.3 Å². The van der Waals surface area contributed by atoms with Crippen LogP contribution in [0.3, 0.4) is 0 Å². The summed E-state index contributed by atoms with van der Waals surface area (Å²) in [5.41, 5.74) is -0.236. The monoisotopic (exact) mass is 397 g/mol. The van der Waals surface area contributed by atoms with Gasteiger partial charge in [-0.1, -0.05) is 5.92 Å². The first-order valence-corrected chi connectivity index (χ1v) is 9.90. The molecule has 146 valence electrons. The van der Waals surface area contributed by atoms with Crippen LogP contribution in [0, 0.1) is 12.3 Å². The Morgan fingerprint density at radius 2 is 2.22 bits per heavy atom. The van der Waals surface area contributed by atoms with E-state index in [2.05, 4.69) is 15.9 Å². The van der Waals surface area contributed by atoms with E-state index in [0.717, 1.165) is 6.66 Å². The van der Waals surface area contributed by atoms with Gasteiger partial charge in [-0.3, -0.25) is 13.9 Å². The first-order chi connectivity index (χ1) is 12.8. The molecule has 1 aliphatic heterocycles. The third kappa shape index (κ3) is 3.82. The zero-order valence-corrected chi connectivity index (χ0v) is 15.5. The lowest BCUT2D eigenvalue weighted by Gasteiger charge is -2.27. The predicted molar refractivity (Wildman–Crippen MR) is 90.8 cm³/mol. The first kappa shape index (κ1) is 19.7. The van der Waals surface area contributed by atoms with Crippen LogP contribution in [0.5, 0.6) is 0 Å². The molecule has 1 N–H and O–H groups in total. The van der Waals surface area contributed by atoms with Gasteiger partial charge in [0.2, 0.25) is 0 Å². The Morgan fingerprint density at radius 3 is 2.85 bits per heavy atom. The fourth-order valence-electron chi connectivity index (χ4n) is 2.94. The number of imidazole rings is 1. The topological polar surface area (TPSA) is 141 Å². The minimum atomic E-state index is -4.15. The molecule has 5 atom stereocenters. The van der Waals surface area contributed by atoms with Crippen molar-refractivity contribution >= 4 is 18.8 Å². The third-order valence-corrected chi connectivity index (χ3v) is 4.67. The Kier molecular flexibility index (Phi) is 5.48. The fraction of sp³-hybridized carbons (Fsp3) is 0.533. The summed E-state index contributed by atoms with van der Waals surface area (Å²) in [6.45, 7) is 0.935. The van der Waals surface area contributed by atoms with Crippen LogP contribution >= 0.6 is 7.60 Å². The average Bonchev–Trinajstić information content (AvgIpc) is 3.13. The number of methoxy groups -OCH3 is 1. The summed E-state index contributed by atoms with van der Waals surface area (Å²) in [5, 5.41) is 10.6. The van der Waals surface area contributed by atoms with Gasteiger partial charge in [0.1, 0.15) is 32.2 Å².